The van der Waals surface area contributed by atoms with Crippen LogP contribution in [0.3, 0.4) is 0 Å². The third-order valence-corrected chi connectivity index (χ3v) is 5.40. The van der Waals surface area contributed by atoms with Crippen LogP contribution in [0.2, 0.25) is 0 Å². The molecule has 2 N–H and O–H groups in total. The van der Waals surface area contributed by atoms with Gasteiger partial charge in [-0.15, -0.1) is 0 Å². The van der Waals surface area contributed by atoms with Gasteiger partial charge in [0, 0.05) is 35.8 Å². The standard InChI is InChI=1S/C25H27N5O3/c1-30(2)12-11-26-25(31)19-10-9-16(14-22(19)33-4)17-13-20-23(28-29-24(20)27-15-17)18-7-5-6-8-21(18)32-3/h5-10,13-15H,11-12H2,1-4H3,(H,26,31)(H,27,28,29). The van der Waals surface area contributed by atoms with E-state index in [0.29, 0.717) is 23.5 Å². The van der Waals surface area contributed by atoms with Crippen LogP contribution >= 0.6 is 0 Å². The van der Waals surface area contributed by atoms with Gasteiger partial charge in [-0.2, -0.15) is 5.10 Å². The highest BCUT2D eigenvalue weighted by Gasteiger charge is 2.16. The molecule has 1 amide bonds. The number of carbonyl (C=O) groups is 1. The summed E-state index contributed by atoms with van der Waals surface area (Å²) in [4.78, 5) is 19.2. The molecule has 0 bridgehead atoms. The van der Waals surface area contributed by atoms with Gasteiger partial charge in [0.15, 0.2) is 5.65 Å². The Morgan fingerprint density at radius 2 is 1.82 bits per heavy atom. The summed E-state index contributed by atoms with van der Waals surface area (Å²) < 4.78 is 11.0. The molecule has 0 saturated carbocycles. The number of nitrogens with zero attached hydrogens (tertiary/aromatic N) is 3. The van der Waals surface area contributed by atoms with Crippen LogP contribution < -0.4 is 14.8 Å². The van der Waals surface area contributed by atoms with Gasteiger partial charge in [-0.1, -0.05) is 18.2 Å². The minimum absolute atomic E-state index is 0.165. The summed E-state index contributed by atoms with van der Waals surface area (Å²) in [6, 6.07) is 15.3. The highest BCUT2D eigenvalue weighted by molar-refractivity contribution is 5.98. The van der Waals surface area contributed by atoms with E-state index in [0.717, 1.165) is 40.1 Å². The van der Waals surface area contributed by atoms with Gasteiger partial charge in [0.05, 0.1) is 19.8 Å². The number of benzene rings is 2. The second-order valence-electron chi connectivity index (χ2n) is 7.87. The number of hydrogen-bond donors (Lipinski definition) is 2. The largest absolute Gasteiger partial charge is 0.496 e. The first kappa shape index (κ1) is 22.3. The van der Waals surface area contributed by atoms with Crippen LogP contribution in [-0.4, -0.2) is 67.4 Å². The molecule has 0 radical (unpaired) electrons. The van der Waals surface area contributed by atoms with Crippen molar-refractivity contribution in [3.05, 3.63) is 60.3 Å². The van der Waals surface area contributed by atoms with Crippen LogP contribution in [-0.2, 0) is 0 Å². The number of aromatic amines is 1. The first-order valence-corrected chi connectivity index (χ1v) is 10.6. The number of amides is 1. The van der Waals surface area contributed by atoms with Gasteiger partial charge < -0.3 is 19.7 Å². The molecule has 4 aromatic rings. The van der Waals surface area contributed by atoms with E-state index in [9.17, 15) is 4.79 Å². The molecular weight excluding hydrogens is 418 g/mol. The summed E-state index contributed by atoms with van der Waals surface area (Å²) in [6.07, 6.45) is 1.78. The van der Waals surface area contributed by atoms with Crippen molar-refractivity contribution in [2.75, 3.05) is 41.4 Å². The number of ether oxygens (including phenoxy) is 2. The van der Waals surface area contributed by atoms with E-state index in [1.165, 1.54) is 0 Å². The number of para-hydroxylation sites is 1. The molecule has 2 aromatic heterocycles. The lowest BCUT2D eigenvalue weighted by atomic mass is 10.0. The van der Waals surface area contributed by atoms with Crippen LogP contribution in [0.5, 0.6) is 11.5 Å². The molecule has 2 aromatic carbocycles. The van der Waals surface area contributed by atoms with Crippen molar-refractivity contribution in [3.8, 4) is 33.9 Å². The lowest BCUT2D eigenvalue weighted by Gasteiger charge is -2.13. The molecule has 8 heteroatoms. The van der Waals surface area contributed by atoms with Gasteiger partial charge >= 0.3 is 0 Å². The van der Waals surface area contributed by atoms with Crippen LogP contribution in [0.15, 0.2) is 54.7 Å². The van der Waals surface area contributed by atoms with E-state index in [1.807, 2.05) is 61.5 Å². The first-order valence-electron chi connectivity index (χ1n) is 10.6. The molecule has 0 aliphatic rings. The Hall–Kier alpha value is -3.91. The number of hydrogen-bond acceptors (Lipinski definition) is 6. The van der Waals surface area contributed by atoms with Gasteiger partial charge in [-0.3, -0.25) is 9.89 Å². The molecule has 0 spiro atoms. The Labute approximate surface area is 192 Å². The molecule has 33 heavy (non-hydrogen) atoms. The van der Waals surface area contributed by atoms with Gasteiger partial charge in [0.1, 0.15) is 17.2 Å². The van der Waals surface area contributed by atoms with E-state index < -0.39 is 0 Å². The van der Waals surface area contributed by atoms with E-state index in [-0.39, 0.29) is 5.91 Å². The summed E-state index contributed by atoms with van der Waals surface area (Å²) >= 11 is 0. The molecule has 0 aliphatic heterocycles. The predicted octanol–water partition coefficient (Wildman–Crippen LogP) is 3.60. The fourth-order valence-corrected chi connectivity index (χ4v) is 3.65. The summed E-state index contributed by atoms with van der Waals surface area (Å²) in [5.74, 6) is 1.08. The average molecular weight is 446 g/mol. The summed E-state index contributed by atoms with van der Waals surface area (Å²) in [5.41, 5.74) is 4.60. The lowest BCUT2D eigenvalue weighted by molar-refractivity contribution is 0.0948. The number of pyridine rings is 1. The van der Waals surface area contributed by atoms with Gasteiger partial charge in [-0.05, 0) is 50.0 Å². The number of aromatic nitrogens is 3. The average Bonchev–Trinajstić information content (AvgIpc) is 3.26. The van der Waals surface area contributed by atoms with Gasteiger partial charge in [0.2, 0.25) is 0 Å². The van der Waals surface area contributed by atoms with Crippen molar-refractivity contribution in [1.82, 2.24) is 25.4 Å². The van der Waals surface area contributed by atoms with Crippen molar-refractivity contribution in [2.45, 2.75) is 0 Å². The Morgan fingerprint density at radius 1 is 1.03 bits per heavy atom. The molecule has 0 fully saturated rings. The quantitative estimate of drug-likeness (QED) is 0.431. The third kappa shape index (κ3) is 4.65. The molecule has 170 valence electrons. The van der Waals surface area contributed by atoms with Crippen molar-refractivity contribution >= 4 is 16.9 Å². The van der Waals surface area contributed by atoms with Crippen LogP contribution in [0.25, 0.3) is 33.4 Å². The van der Waals surface area contributed by atoms with E-state index in [1.54, 1.807) is 26.5 Å². The SMILES string of the molecule is COc1cc(-c2cnc3[nH]nc(-c4ccccc4OC)c3c2)ccc1C(=O)NCCN(C)C. The van der Waals surface area contributed by atoms with Crippen molar-refractivity contribution in [3.63, 3.8) is 0 Å². The van der Waals surface area contributed by atoms with Crippen LogP contribution in [0, 0.1) is 0 Å². The first-order chi connectivity index (χ1) is 16.0. The fourth-order valence-electron chi connectivity index (χ4n) is 3.65. The topological polar surface area (TPSA) is 92.4 Å². The van der Waals surface area contributed by atoms with Crippen molar-refractivity contribution < 1.29 is 14.3 Å². The maximum absolute atomic E-state index is 12.6. The zero-order valence-electron chi connectivity index (χ0n) is 19.2. The minimum Gasteiger partial charge on any atom is -0.496 e. The summed E-state index contributed by atoms with van der Waals surface area (Å²) in [6.45, 7) is 1.32. The van der Waals surface area contributed by atoms with Crippen molar-refractivity contribution in [2.24, 2.45) is 0 Å². The summed E-state index contributed by atoms with van der Waals surface area (Å²) in [7, 11) is 7.13. The number of methoxy groups -OCH3 is 2. The molecule has 2 heterocycles. The second-order valence-corrected chi connectivity index (χ2v) is 7.87. The molecular formula is C25H27N5O3. The normalized spacial score (nSPS) is 11.1. The predicted molar refractivity (Wildman–Crippen MR) is 129 cm³/mol. The monoisotopic (exact) mass is 445 g/mol. The van der Waals surface area contributed by atoms with Crippen LogP contribution in [0.1, 0.15) is 10.4 Å². The Kier molecular flexibility index (Phi) is 6.55. The Balaban J connectivity index is 1.68. The summed E-state index contributed by atoms with van der Waals surface area (Å²) in [5, 5.41) is 11.3. The number of rotatable bonds is 8. The van der Waals surface area contributed by atoms with E-state index in [2.05, 4.69) is 20.5 Å². The number of carbonyl (C=O) groups excluding carboxylic acids is 1. The molecule has 4 rings (SSSR count). The van der Waals surface area contributed by atoms with E-state index in [4.69, 9.17) is 9.47 Å². The Bertz CT molecular complexity index is 1280. The maximum Gasteiger partial charge on any atom is 0.255 e. The smallest absolute Gasteiger partial charge is 0.255 e. The zero-order chi connectivity index (χ0) is 23.4. The number of H-pyrrole nitrogens is 1. The van der Waals surface area contributed by atoms with E-state index >= 15 is 0 Å². The zero-order valence-corrected chi connectivity index (χ0v) is 19.2. The number of nitrogens with one attached hydrogen (secondary N) is 2. The van der Waals surface area contributed by atoms with Gasteiger partial charge in [-0.25, -0.2) is 4.98 Å². The Morgan fingerprint density at radius 3 is 2.58 bits per heavy atom. The molecule has 8 nitrogen and oxygen atoms in total. The number of fused-ring (bicyclic) bond motifs is 1. The lowest BCUT2D eigenvalue weighted by Crippen LogP contribution is -2.31. The highest BCUT2D eigenvalue weighted by Crippen LogP contribution is 2.35. The van der Waals surface area contributed by atoms with Crippen molar-refractivity contribution in [1.29, 1.82) is 0 Å². The number of likely N-dealkylation sites (N-methyl/N-ethyl adjacent to an activating group) is 1. The molecule has 0 saturated heterocycles. The maximum atomic E-state index is 12.6. The molecule has 0 aliphatic carbocycles. The third-order valence-electron chi connectivity index (χ3n) is 5.40. The minimum atomic E-state index is -0.165. The van der Waals surface area contributed by atoms with Crippen LogP contribution in [0.4, 0.5) is 0 Å². The fraction of sp³-hybridized carbons (Fsp3) is 0.240. The van der Waals surface area contributed by atoms with Gasteiger partial charge in [0.25, 0.3) is 5.91 Å². The second kappa shape index (κ2) is 9.70. The molecule has 0 unspecified atom stereocenters. The highest BCUT2D eigenvalue weighted by atomic mass is 16.5. The molecule has 0 atom stereocenters.